The van der Waals surface area contributed by atoms with E-state index in [9.17, 15) is 0 Å². The average Bonchev–Trinajstić information content (AvgIpc) is 2.92. The lowest BCUT2D eigenvalue weighted by atomic mass is 10.2. The largest absolute Gasteiger partial charge is 0.250 e. The summed E-state index contributed by atoms with van der Waals surface area (Å²) in [6, 6.07) is 2.10. The summed E-state index contributed by atoms with van der Waals surface area (Å²) in [6.45, 7) is 2.00. The Morgan fingerprint density at radius 3 is 2.84 bits per heavy atom. The molecule has 0 aliphatic rings. The third kappa shape index (κ3) is 2.46. The van der Waals surface area contributed by atoms with Crippen LogP contribution >= 0.6 is 27.3 Å². The first-order valence-corrected chi connectivity index (χ1v) is 7.33. The smallest absolute Gasteiger partial charge is 0.157 e. The highest BCUT2D eigenvalue weighted by Gasteiger charge is 2.05. The summed E-state index contributed by atoms with van der Waals surface area (Å²) in [5, 5.41) is 6.42. The van der Waals surface area contributed by atoms with Crippen LogP contribution in [-0.2, 0) is 7.05 Å². The lowest BCUT2D eigenvalue weighted by molar-refractivity contribution is 0.774. The fourth-order valence-electron chi connectivity index (χ4n) is 1.93. The number of nitrogens with zero attached hydrogens (tertiary/aromatic N) is 4. The molecule has 0 aliphatic heterocycles. The molecule has 3 aromatic rings. The van der Waals surface area contributed by atoms with Crippen LogP contribution in [0, 0.1) is 6.92 Å². The summed E-state index contributed by atoms with van der Waals surface area (Å²) in [4.78, 5) is 8.70. The van der Waals surface area contributed by atoms with Gasteiger partial charge in [-0.25, -0.2) is 9.97 Å². The van der Waals surface area contributed by atoms with Crippen LogP contribution in [0.4, 0.5) is 0 Å². The van der Waals surface area contributed by atoms with Crippen LogP contribution in [0.15, 0.2) is 22.2 Å². The molecule has 0 saturated heterocycles. The van der Waals surface area contributed by atoms with Gasteiger partial charge in [-0.1, -0.05) is 6.08 Å². The molecular formula is C13H11BrN4S. The Balaban J connectivity index is 1.97. The zero-order valence-corrected chi connectivity index (χ0v) is 12.9. The molecule has 4 nitrogen and oxygen atoms in total. The first kappa shape index (κ1) is 12.5. The summed E-state index contributed by atoms with van der Waals surface area (Å²) in [5.41, 5.74) is 2.96. The van der Waals surface area contributed by atoms with Gasteiger partial charge in [0.05, 0.1) is 15.7 Å². The van der Waals surface area contributed by atoms with Crippen molar-refractivity contribution in [3.05, 3.63) is 38.5 Å². The van der Waals surface area contributed by atoms with E-state index in [1.165, 1.54) is 0 Å². The lowest BCUT2D eigenvalue weighted by Crippen LogP contribution is -1.91. The number of hydrogen-bond acceptors (Lipinski definition) is 4. The summed E-state index contributed by atoms with van der Waals surface area (Å²) >= 11 is 5.00. The van der Waals surface area contributed by atoms with Gasteiger partial charge < -0.3 is 0 Å². The fraction of sp³-hybridized carbons (Fsp3) is 0.154. The number of pyridine rings is 1. The van der Waals surface area contributed by atoms with Crippen molar-refractivity contribution in [3.8, 4) is 0 Å². The molecule has 3 heterocycles. The molecule has 0 bridgehead atoms. The van der Waals surface area contributed by atoms with Crippen LogP contribution in [0.5, 0.6) is 0 Å². The second-order valence-electron chi connectivity index (χ2n) is 4.18. The Morgan fingerprint density at radius 2 is 2.11 bits per heavy atom. The molecular weight excluding hydrogens is 324 g/mol. The number of aryl methyl sites for hydroxylation is 2. The number of rotatable bonds is 2. The maximum absolute atomic E-state index is 4.44. The van der Waals surface area contributed by atoms with E-state index >= 15 is 0 Å². The van der Waals surface area contributed by atoms with E-state index in [2.05, 4.69) is 37.1 Å². The zero-order valence-electron chi connectivity index (χ0n) is 10.5. The minimum atomic E-state index is 0.909. The molecule has 3 aromatic heterocycles. The predicted molar refractivity (Wildman–Crippen MR) is 82.0 cm³/mol. The van der Waals surface area contributed by atoms with Crippen LogP contribution in [0.3, 0.4) is 0 Å². The van der Waals surface area contributed by atoms with Crippen molar-refractivity contribution < 1.29 is 0 Å². The number of aromatic nitrogens is 4. The number of thiazole rings is 1. The summed E-state index contributed by atoms with van der Waals surface area (Å²) in [5.74, 6) is 0. The Bertz CT molecular complexity index is 772. The molecule has 0 radical (unpaired) electrons. The molecule has 0 spiro atoms. The molecule has 0 amide bonds. The molecule has 3 rings (SSSR count). The van der Waals surface area contributed by atoms with Crippen molar-refractivity contribution >= 4 is 50.5 Å². The molecule has 0 fully saturated rings. The van der Waals surface area contributed by atoms with Gasteiger partial charge in [-0.05, 0) is 40.6 Å². The molecule has 96 valence electrons. The second-order valence-corrected chi connectivity index (χ2v) is 6.63. The van der Waals surface area contributed by atoms with Crippen LogP contribution in [0.25, 0.3) is 23.2 Å². The average molecular weight is 335 g/mol. The van der Waals surface area contributed by atoms with E-state index in [0.29, 0.717) is 0 Å². The quantitative estimate of drug-likeness (QED) is 0.718. The van der Waals surface area contributed by atoms with Gasteiger partial charge in [0.2, 0.25) is 0 Å². The predicted octanol–water partition coefficient (Wildman–Crippen LogP) is 3.67. The van der Waals surface area contributed by atoms with Crippen molar-refractivity contribution in [1.29, 1.82) is 0 Å². The second kappa shape index (κ2) is 4.86. The summed E-state index contributed by atoms with van der Waals surface area (Å²) in [7, 11) is 1.91. The van der Waals surface area contributed by atoms with E-state index < -0.39 is 0 Å². The lowest BCUT2D eigenvalue weighted by Gasteiger charge is -1.95. The number of fused-ring (bicyclic) bond motifs is 1. The van der Waals surface area contributed by atoms with E-state index in [-0.39, 0.29) is 0 Å². The first-order valence-electron chi connectivity index (χ1n) is 5.72. The molecule has 0 saturated carbocycles. The third-order valence-electron chi connectivity index (χ3n) is 2.80. The van der Waals surface area contributed by atoms with Gasteiger partial charge >= 0.3 is 0 Å². The highest BCUT2D eigenvalue weighted by Crippen LogP contribution is 2.22. The van der Waals surface area contributed by atoms with E-state index in [1.54, 1.807) is 22.2 Å². The third-order valence-corrected chi connectivity index (χ3v) is 4.24. The molecule has 0 atom stereocenters. The Morgan fingerprint density at radius 1 is 1.26 bits per heavy atom. The molecule has 6 heteroatoms. The SMILES string of the molecule is Cc1nn(C)c2ncc(/C=C/c3ncc(Br)s3)cc12. The van der Waals surface area contributed by atoms with Gasteiger partial charge in [-0.3, -0.25) is 4.68 Å². The summed E-state index contributed by atoms with van der Waals surface area (Å²) in [6.07, 6.45) is 7.66. The molecule has 0 aliphatic carbocycles. The van der Waals surface area contributed by atoms with Gasteiger partial charge in [-0.2, -0.15) is 5.10 Å². The van der Waals surface area contributed by atoms with Crippen molar-refractivity contribution in [2.45, 2.75) is 6.92 Å². The van der Waals surface area contributed by atoms with Gasteiger partial charge in [0, 0.05) is 18.6 Å². The van der Waals surface area contributed by atoms with Crippen LogP contribution in [-0.4, -0.2) is 19.7 Å². The topological polar surface area (TPSA) is 43.6 Å². The zero-order chi connectivity index (χ0) is 13.4. The highest BCUT2D eigenvalue weighted by atomic mass is 79.9. The van der Waals surface area contributed by atoms with E-state index in [0.717, 1.165) is 31.1 Å². The van der Waals surface area contributed by atoms with Crippen LogP contribution in [0.1, 0.15) is 16.3 Å². The normalized spacial score (nSPS) is 11.7. The van der Waals surface area contributed by atoms with Gasteiger partial charge in [0.15, 0.2) is 5.65 Å². The van der Waals surface area contributed by atoms with Crippen molar-refractivity contribution in [3.63, 3.8) is 0 Å². The van der Waals surface area contributed by atoms with Gasteiger partial charge in [0.25, 0.3) is 0 Å². The minimum Gasteiger partial charge on any atom is -0.250 e. The first-order chi connectivity index (χ1) is 9.13. The maximum Gasteiger partial charge on any atom is 0.157 e. The van der Waals surface area contributed by atoms with E-state index in [4.69, 9.17) is 0 Å². The number of halogens is 1. The molecule has 0 unspecified atom stereocenters. The van der Waals surface area contributed by atoms with Crippen molar-refractivity contribution in [2.24, 2.45) is 7.05 Å². The monoisotopic (exact) mass is 334 g/mol. The molecule has 0 N–H and O–H groups in total. The van der Waals surface area contributed by atoms with E-state index in [1.807, 2.05) is 32.3 Å². The minimum absolute atomic E-state index is 0.909. The van der Waals surface area contributed by atoms with Gasteiger partial charge in [0.1, 0.15) is 5.01 Å². The van der Waals surface area contributed by atoms with Crippen LogP contribution < -0.4 is 0 Å². The number of hydrogen-bond donors (Lipinski definition) is 0. The summed E-state index contributed by atoms with van der Waals surface area (Å²) < 4.78 is 2.83. The van der Waals surface area contributed by atoms with Gasteiger partial charge in [-0.15, -0.1) is 11.3 Å². The van der Waals surface area contributed by atoms with Crippen molar-refractivity contribution in [1.82, 2.24) is 19.7 Å². The maximum atomic E-state index is 4.44. The molecule has 0 aromatic carbocycles. The fourth-order valence-corrected chi connectivity index (χ4v) is 3.07. The standard InChI is InChI=1S/C13H11BrN4S/c1-8-10-5-9(6-16-13(10)18(2)17-8)3-4-12-15-7-11(14)19-12/h3-7H,1-2H3/b4-3+. The highest BCUT2D eigenvalue weighted by molar-refractivity contribution is 9.11. The van der Waals surface area contributed by atoms with Crippen LogP contribution in [0.2, 0.25) is 0 Å². The Hall–Kier alpha value is -1.53. The van der Waals surface area contributed by atoms with Crippen molar-refractivity contribution in [2.75, 3.05) is 0 Å². The Kier molecular flexibility index (Phi) is 3.20. The Labute approximate surface area is 122 Å². The molecule has 19 heavy (non-hydrogen) atoms.